The minimum Gasteiger partial charge on any atom is -0.657 e. The summed E-state index contributed by atoms with van der Waals surface area (Å²) in [6, 6.07) is 44.7. The summed E-state index contributed by atoms with van der Waals surface area (Å²) in [6.45, 7) is 25.1. The van der Waals surface area contributed by atoms with Gasteiger partial charge in [-0.25, -0.2) is 0 Å². The van der Waals surface area contributed by atoms with Crippen molar-refractivity contribution in [1.29, 1.82) is 0 Å². The van der Waals surface area contributed by atoms with E-state index in [1.807, 2.05) is 23.2 Å². The van der Waals surface area contributed by atoms with Gasteiger partial charge in [0.1, 0.15) is 11.4 Å². The first kappa shape index (κ1) is 41.1. The Hall–Kier alpha value is -5.07. The number of hydrogen-bond donors (Lipinski definition) is 0. The third-order valence-electron chi connectivity index (χ3n) is 11.1. The number of nitrogens with zero attached hydrogens (tertiary/aromatic N) is 4. The van der Waals surface area contributed by atoms with E-state index in [0.29, 0.717) is 11.8 Å². The molecule has 0 atom stereocenters. The van der Waals surface area contributed by atoms with Crippen molar-refractivity contribution in [2.24, 2.45) is 5.10 Å². The van der Waals surface area contributed by atoms with Gasteiger partial charge in [0.05, 0.1) is 5.69 Å². The quantitative estimate of drug-likeness (QED) is 0.127. The number of aromatic nitrogens is 1. The van der Waals surface area contributed by atoms with E-state index in [9.17, 15) is 0 Å². The zero-order valence-electron chi connectivity index (χ0n) is 35.4. The molecule has 2 aromatic heterocycles. The SMILES string of the molecule is CC(C)c1cc(C(C)(C)C)cc(C(C)C)c1N1[CH-]N(c2cc(C(C)(C)C)cc3c2oc2ccccc23)N=C1c1ccccc1.[Au].c1ccc2c(c1)[n-]c1ccccc12. The number of benzene rings is 6. The fraction of sp³-hybridized carbons (Fsp3) is 0.269. The van der Waals surface area contributed by atoms with Crippen LogP contribution in [-0.2, 0) is 33.2 Å². The van der Waals surface area contributed by atoms with Gasteiger partial charge in [-0.05, 0) is 73.9 Å². The van der Waals surface area contributed by atoms with Gasteiger partial charge in [0.25, 0.3) is 0 Å². The molecular formula is C52H54AuN4O-2. The fourth-order valence-corrected chi connectivity index (χ4v) is 7.82. The standard InChI is InChI=1S/C40H46N3O.C12H8N.Au/c1-25(2)31-20-28(39(5,6)7)21-32(26(3)4)36(31)42-24-43(41-38(42)27-16-12-11-13-17-27)34-23-29(40(8,9)10)22-33-30-18-14-15-19-35(30)44-37(33)34;1-3-7-11-9(5-1)10-6-2-4-8-12(10)13-11;/h11-26H,1-10H3;1-8H;/q2*-1;. The molecule has 6 heteroatoms. The van der Waals surface area contributed by atoms with Gasteiger partial charge in [-0.15, -0.1) is 17.7 Å². The minimum atomic E-state index is -0.0505. The van der Waals surface area contributed by atoms with Gasteiger partial charge in [0.2, 0.25) is 0 Å². The van der Waals surface area contributed by atoms with Gasteiger partial charge in [-0.3, -0.25) is 0 Å². The second-order valence-corrected chi connectivity index (χ2v) is 18.0. The first-order valence-electron chi connectivity index (χ1n) is 20.3. The Balaban J connectivity index is 0.000000307. The number of para-hydroxylation sites is 3. The van der Waals surface area contributed by atoms with E-state index in [2.05, 4.69) is 195 Å². The average molecular weight is 948 g/mol. The molecule has 3 heterocycles. The van der Waals surface area contributed by atoms with Gasteiger partial charge >= 0.3 is 0 Å². The topological polar surface area (TPSA) is 46.1 Å². The first-order valence-corrected chi connectivity index (χ1v) is 20.3. The molecule has 0 fully saturated rings. The van der Waals surface area contributed by atoms with Gasteiger partial charge in [0.15, 0.2) is 5.58 Å². The van der Waals surface area contributed by atoms with Crippen LogP contribution in [0.2, 0.25) is 0 Å². The van der Waals surface area contributed by atoms with Crippen LogP contribution in [0.25, 0.3) is 43.7 Å². The van der Waals surface area contributed by atoms with Crippen molar-refractivity contribution in [1.82, 2.24) is 4.98 Å². The molecule has 6 aromatic carbocycles. The predicted octanol–water partition coefficient (Wildman–Crippen LogP) is 14.2. The molecule has 1 aliphatic heterocycles. The van der Waals surface area contributed by atoms with Gasteiger partial charge in [-0.2, -0.15) is 5.10 Å². The molecule has 0 bridgehead atoms. The molecule has 0 unspecified atom stereocenters. The summed E-state index contributed by atoms with van der Waals surface area (Å²) in [5.41, 5.74) is 12.4. The van der Waals surface area contributed by atoms with Crippen molar-refractivity contribution >= 4 is 61.0 Å². The van der Waals surface area contributed by atoms with Gasteiger partial charge < -0.3 is 19.3 Å². The Labute approximate surface area is 359 Å². The van der Waals surface area contributed by atoms with Crippen molar-refractivity contribution < 1.29 is 26.8 Å². The molecule has 0 saturated heterocycles. The van der Waals surface area contributed by atoms with Gasteiger partial charge in [0, 0.05) is 44.4 Å². The number of furan rings is 1. The third-order valence-corrected chi connectivity index (χ3v) is 11.1. The first-order chi connectivity index (χ1) is 27.2. The van der Waals surface area contributed by atoms with Crippen LogP contribution in [0, 0.1) is 6.67 Å². The largest absolute Gasteiger partial charge is 0.657 e. The zero-order valence-corrected chi connectivity index (χ0v) is 37.5. The summed E-state index contributed by atoms with van der Waals surface area (Å²) in [5.74, 6) is 1.56. The van der Waals surface area contributed by atoms with E-state index in [0.717, 1.165) is 50.1 Å². The summed E-state index contributed by atoms with van der Waals surface area (Å²) in [5, 5.41) is 12.1. The second-order valence-electron chi connectivity index (χ2n) is 18.0. The molecule has 5 nitrogen and oxygen atoms in total. The Morgan fingerprint density at radius 1 is 0.586 bits per heavy atom. The van der Waals surface area contributed by atoms with Crippen LogP contribution < -0.4 is 14.9 Å². The number of fused-ring (bicyclic) bond motifs is 6. The summed E-state index contributed by atoms with van der Waals surface area (Å²) in [7, 11) is 0. The van der Waals surface area contributed by atoms with Crippen LogP contribution in [0.15, 0.2) is 137 Å². The van der Waals surface area contributed by atoms with E-state index in [4.69, 9.17) is 9.52 Å². The fourth-order valence-electron chi connectivity index (χ4n) is 7.82. The Kier molecular flexibility index (Phi) is 11.3. The van der Waals surface area contributed by atoms with Crippen molar-refractivity contribution in [3.8, 4) is 0 Å². The van der Waals surface area contributed by atoms with E-state index in [1.54, 1.807) is 0 Å². The summed E-state index contributed by atoms with van der Waals surface area (Å²) in [6.07, 6.45) is 0. The molecule has 0 saturated carbocycles. The summed E-state index contributed by atoms with van der Waals surface area (Å²) >= 11 is 0. The monoisotopic (exact) mass is 947 g/mol. The van der Waals surface area contributed by atoms with Crippen molar-refractivity contribution in [3.63, 3.8) is 0 Å². The molecule has 58 heavy (non-hydrogen) atoms. The van der Waals surface area contributed by atoms with Gasteiger partial charge in [-0.1, -0.05) is 178 Å². The predicted molar refractivity (Wildman–Crippen MR) is 243 cm³/mol. The number of rotatable bonds is 5. The maximum absolute atomic E-state index is 6.57. The minimum absolute atomic E-state index is 0. The third kappa shape index (κ3) is 7.76. The Morgan fingerprint density at radius 3 is 1.64 bits per heavy atom. The molecule has 9 rings (SSSR count). The Morgan fingerprint density at radius 2 is 1.09 bits per heavy atom. The van der Waals surface area contributed by atoms with Crippen molar-refractivity contribution in [2.75, 3.05) is 9.91 Å². The Bertz CT molecular complexity index is 2680. The molecule has 1 radical (unpaired) electrons. The molecule has 0 aliphatic carbocycles. The van der Waals surface area contributed by atoms with E-state index in [-0.39, 0.29) is 33.2 Å². The van der Waals surface area contributed by atoms with Crippen LogP contribution >= 0.6 is 0 Å². The van der Waals surface area contributed by atoms with Crippen LogP contribution in [0.1, 0.15) is 109 Å². The summed E-state index contributed by atoms with van der Waals surface area (Å²) < 4.78 is 6.57. The zero-order chi connectivity index (χ0) is 40.2. The smallest absolute Gasteiger partial charge is 0.157 e. The number of anilines is 2. The molecule has 0 amide bonds. The molecule has 8 aromatic rings. The second kappa shape index (κ2) is 15.9. The average Bonchev–Trinajstić information content (AvgIpc) is 3.91. The molecule has 0 N–H and O–H groups in total. The maximum atomic E-state index is 6.57. The van der Waals surface area contributed by atoms with E-state index in [1.165, 1.54) is 38.7 Å². The number of amidine groups is 1. The van der Waals surface area contributed by atoms with Crippen molar-refractivity contribution in [3.05, 3.63) is 162 Å². The molecule has 301 valence electrons. The number of hydrazone groups is 1. The van der Waals surface area contributed by atoms with Crippen LogP contribution in [0.3, 0.4) is 0 Å². The molecular weight excluding hydrogens is 894 g/mol. The summed E-state index contributed by atoms with van der Waals surface area (Å²) in [4.78, 5) is 6.84. The van der Waals surface area contributed by atoms with Crippen LogP contribution in [0.5, 0.6) is 0 Å². The number of hydrogen-bond acceptors (Lipinski definition) is 4. The molecule has 0 spiro atoms. The maximum Gasteiger partial charge on any atom is 0.157 e. The van der Waals surface area contributed by atoms with Crippen LogP contribution in [-0.4, -0.2) is 5.84 Å². The van der Waals surface area contributed by atoms with Crippen molar-refractivity contribution in [2.45, 2.75) is 91.9 Å². The van der Waals surface area contributed by atoms with E-state index >= 15 is 0 Å². The van der Waals surface area contributed by atoms with E-state index < -0.39 is 0 Å². The molecule has 1 aliphatic rings. The van der Waals surface area contributed by atoms with Crippen LogP contribution in [0.4, 0.5) is 11.4 Å². The normalized spacial score (nSPS) is 13.5.